The summed E-state index contributed by atoms with van der Waals surface area (Å²) in [5.41, 5.74) is 1.91. The summed E-state index contributed by atoms with van der Waals surface area (Å²) in [6.07, 6.45) is 7.39. The summed E-state index contributed by atoms with van der Waals surface area (Å²) in [5.74, 6) is 2.53. The normalized spacial score (nSPS) is 41.3. The Morgan fingerprint density at radius 1 is 1.27 bits per heavy atom. The van der Waals surface area contributed by atoms with Crippen molar-refractivity contribution in [2.45, 2.75) is 82.8 Å². The Labute approximate surface area is 157 Å². The van der Waals surface area contributed by atoms with E-state index in [0.29, 0.717) is 17.8 Å². The molecule has 0 heterocycles. The van der Waals surface area contributed by atoms with E-state index in [1.165, 1.54) is 17.5 Å². The SMILES string of the molecule is CCCC[C@]1(O)C[C@@H]2[C@@H]3CCc4cc(OC)ccc4[C@@H]3CC[C@]2(C)[C@@H]1O. The molecule has 26 heavy (non-hydrogen) atoms. The van der Waals surface area contributed by atoms with Crippen LogP contribution in [0.25, 0.3) is 0 Å². The van der Waals surface area contributed by atoms with Crippen LogP contribution in [0.5, 0.6) is 5.75 Å². The quantitative estimate of drug-likeness (QED) is 0.836. The maximum absolute atomic E-state index is 11.3. The maximum Gasteiger partial charge on any atom is 0.119 e. The minimum Gasteiger partial charge on any atom is -0.497 e. The summed E-state index contributed by atoms with van der Waals surface area (Å²) in [4.78, 5) is 0. The lowest BCUT2D eigenvalue weighted by Crippen LogP contribution is -2.47. The van der Waals surface area contributed by atoms with Crippen LogP contribution < -0.4 is 4.74 Å². The van der Waals surface area contributed by atoms with E-state index in [2.05, 4.69) is 32.0 Å². The van der Waals surface area contributed by atoms with E-state index in [0.717, 1.165) is 50.7 Å². The third-order valence-electron chi connectivity index (χ3n) is 8.04. The van der Waals surface area contributed by atoms with Crippen LogP contribution >= 0.6 is 0 Å². The molecule has 144 valence electrons. The van der Waals surface area contributed by atoms with Crippen molar-refractivity contribution >= 4 is 0 Å². The number of rotatable bonds is 4. The van der Waals surface area contributed by atoms with Gasteiger partial charge in [-0.1, -0.05) is 32.8 Å². The lowest BCUT2D eigenvalue weighted by Gasteiger charge is -2.50. The number of benzene rings is 1. The first kappa shape index (κ1) is 18.3. The van der Waals surface area contributed by atoms with Crippen LogP contribution in [0.1, 0.15) is 75.8 Å². The molecule has 0 radical (unpaired) electrons. The summed E-state index contributed by atoms with van der Waals surface area (Å²) in [7, 11) is 1.73. The van der Waals surface area contributed by atoms with Gasteiger partial charge in [-0.3, -0.25) is 0 Å². The molecule has 3 aliphatic rings. The number of fused-ring (bicyclic) bond motifs is 5. The molecule has 6 atom stereocenters. The molecule has 0 saturated heterocycles. The third kappa shape index (κ3) is 2.62. The molecule has 1 aromatic carbocycles. The molecule has 0 unspecified atom stereocenters. The number of aliphatic hydroxyl groups excluding tert-OH is 1. The van der Waals surface area contributed by atoms with E-state index in [9.17, 15) is 10.2 Å². The molecule has 0 aliphatic heterocycles. The number of unbranched alkanes of at least 4 members (excludes halogenated alkanes) is 1. The average molecular weight is 359 g/mol. The van der Waals surface area contributed by atoms with Crippen molar-refractivity contribution in [2.24, 2.45) is 17.3 Å². The monoisotopic (exact) mass is 358 g/mol. The number of ether oxygens (including phenoxy) is 1. The number of aryl methyl sites for hydroxylation is 1. The molecule has 3 aliphatic carbocycles. The second-order valence-electron chi connectivity index (χ2n) is 9.34. The standard InChI is InChI=1S/C23H34O3/c1-4-5-11-23(25)14-20-19-8-6-15-13-16(26-3)7-9-17(15)18(19)10-12-22(20,2)21(23)24/h7,9,13,18-21,24-25H,4-6,8,10-12,14H2,1-3H3/t18-,19+,20+,21-,22-,23-/m0/s1. The topological polar surface area (TPSA) is 49.7 Å². The van der Waals surface area contributed by atoms with Gasteiger partial charge in [0.15, 0.2) is 0 Å². The van der Waals surface area contributed by atoms with E-state index >= 15 is 0 Å². The molecule has 2 saturated carbocycles. The van der Waals surface area contributed by atoms with Crippen LogP contribution in [0, 0.1) is 17.3 Å². The number of aliphatic hydroxyl groups is 2. The highest BCUT2D eigenvalue weighted by atomic mass is 16.5. The van der Waals surface area contributed by atoms with Crippen molar-refractivity contribution in [2.75, 3.05) is 7.11 Å². The Kier molecular flexibility index (Phi) is 4.60. The summed E-state index contributed by atoms with van der Waals surface area (Å²) in [6.45, 7) is 4.40. The molecule has 0 spiro atoms. The number of hydrogen-bond donors (Lipinski definition) is 2. The van der Waals surface area contributed by atoms with Crippen LogP contribution in [0.2, 0.25) is 0 Å². The van der Waals surface area contributed by atoms with Gasteiger partial charge in [0.1, 0.15) is 5.75 Å². The van der Waals surface area contributed by atoms with E-state index in [-0.39, 0.29) is 5.41 Å². The lowest BCUT2D eigenvalue weighted by atomic mass is 9.55. The summed E-state index contributed by atoms with van der Waals surface area (Å²) >= 11 is 0. The zero-order chi connectivity index (χ0) is 18.5. The van der Waals surface area contributed by atoms with Crippen molar-refractivity contribution in [3.8, 4) is 5.75 Å². The fourth-order valence-electron chi connectivity index (χ4n) is 6.59. The Bertz CT molecular complexity index is 671. The summed E-state index contributed by atoms with van der Waals surface area (Å²) in [5, 5.41) is 22.4. The largest absolute Gasteiger partial charge is 0.497 e. The minimum absolute atomic E-state index is 0.131. The summed E-state index contributed by atoms with van der Waals surface area (Å²) < 4.78 is 5.41. The van der Waals surface area contributed by atoms with E-state index in [1.54, 1.807) is 7.11 Å². The first-order valence-electron chi connectivity index (χ1n) is 10.5. The van der Waals surface area contributed by atoms with E-state index in [1.807, 2.05) is 0 Å². The van der Waals surface area contributed by atoms with E-state index in [4.69, 9.17) is 4.74 Å². The highest BCUT2D eigenvalue weighted by molar-refractivity contribution is 5.41. The third-order valence-corrected chi connectivity index (χ3v) is 8.04. The van der Waals surface area contributed by atoms with Gasteiger partial charge in [-0.25, -0.2) is 0 Å². The fraction of sp³-hybridized carbons (Fsp3) is 0.739. The van der Waals surface area contributed by atoms with Crippen LogP contribution in [-0.4, -0.2) is 29.0 Å². The number of methoxy groups -OCH3 is 1. The van der Waals surface area contributed by atoms with Gasteiger partial charge in [0.25, 0.3) is 0 Å². The van der Waals surface area contributed by atoms with Crippen molar-refractivity contribution in [3.63, 3.8) is 0 Å². The van der Waals surface area contributed by atoms with Crippen LogP contribution in [0.15, 0.2) is 18.2 Å². The molecular formula is C23H34O3. The molecule has 0 bridgehead atoms. The van der Waals surface area contributed by atoms with Gasteiger partial charge >= 0.3 is 0 Å². The highest BCUT2D eigenvalue weighted by Gasteiger charge is 2.62. The highest BCUT2D eigenvalue weighted by Crippen LogP contribution is 2.63. The smallest absolute Gasteiger partial charge is 0.119 e. The Balaban J connectivity index is 1.63. The summed E-state index contributed by atoms with van der Waals surface area (Å²) in [6, 6.07) is 6.57. The molecule has 3 heteroatoms. The maximum atomic E-state index is 11.3. The molecule has 1 aromatic rings. The molecule has 4 rings (SSSR count). The van der Waals surface area contributed by atoms with Crippen molar-refractivity contribution in [1.82, 2.24) is 0 Å². The molecule has 0 amide bonds. The predicted molar refractivity (Wildman–Crippen MR) is 103 cm³/mol. The second kappa shape index (κ2) is 6.53. The second-order valence-corrected chi connectivity index (χ2v) is 9.34. The molecule has 2 fully saturated rings. The predicted octanol–water partition coefficient (Wildman–Crippen LogP) is 4.44. The number of hydrogen-bond acceptors (Lipinski definition) is 3. The van der Waals surface area contributed by atoms with Crippen molar-refractivity contribution in [1.29, 1.82) is 0 Å². The molecule has 0 aromatic heterocycles. The Hall–Kier alpha value is -1.06. The first-order valence-corrected chi connectivity index (χ1v) is 10.5. The van der Waals surface area contributed by atoms with Gasteiger partial charge in [0.2, 0.25) is 0 Å². The van der Waals surface area contributed by atoms with Crippen LogP contribution in [0.3, 0.4) is 0 Å². The van der Waals surface area contributed by atoms with E-state index < -0.39 is 11.7 Å². The minimum atomic E-state index is -0.884. The van der Waals surface area contributed by atoms with Crippen LogP contribution in [0.4, 0.5) is 0 Å². The molecule has 3 nitrogen and oxygen atoms in total. The zero-order valence-electron chi connectivity index (χ0n) is 16.5. The van der Waals surface area contributed by atoms with Gasteiger partial charge in [0.05, 0.1) is 18.8 Å². The van der Waals surface area contributed by atoms with Gasteiger partial charge in [-0.15, -0.1) is 0 Å². The fourth-order valence-corrected chi connectivity index (χ4v) is 6.59. The molecule has 2 N–H and O–H groups in total. The van der Waals surface area contributed by atoms with Crippen molar-refractivity contribution < 1.29 is 14.9 Å². The first-order chi connectivity index (χ1) is 12.4. The van der Waals surface area contributed by atoms with Gasteiger partial charge in [0, 0.05) is 0 Å². The van der Waals surface area contributed by atoms with Gasteiger partial charge in [-0.05, 0) is 85.0 Å². The van der Waals surface area contributed by atoms with Crippen LogP contribution in [-0.2, 0) is 6.42 Å². The zero-order valence-corrected chi connectivity index (χ0v) is 16.5. The molecular weight excluding hydrogens is 324 g/mol. The van der Waals surface area contributed by atoms with Gasteiger partial charge < -0.3 is 14.9 Å². The average Bonchev–Trinajstić information content (AvgIpc) is 2.87. The Morgan fingerprint density at radius 2 is 2.08 bits per heavy atom. The van der Waals surface area contributed by atoms with Gasteiger partial charge in [-0.2, -0.15) is 0 Å². The lowest BCUT2D eigenvalue weighted by molar-refractivity contribution is -0.103. The van der Waals surface area contributed by atoms with Crippen molar-refractivity contribution in [3.05, 3.63) is 29.3 Å². The Morgan fingerprint density at radius 3 is 2.81 bits per heavy atom.